The van der Waals surface area contributed by atoms with Crippen LogP contribution in [0.3, 0.4) is 0 Å². The molecule has 5 heteroatoms. The summed E-state index contributed by atoms with van der Waals surface area (Å²) in [6, 6.07) is 1.91. The summed E-state index contributed by atoms with van der Waals surface area (Å²) in [5, 5.41) is 0. The third-order valence-corrected chi connectivity index (χ3v) is 4.57. The van der Waals surface area contributed by atoms with Crippen LogP contribution in [0.25, 0.3) is 0 Å². The number of methoxy groups -OCH3 is 1. The highest BCUT2D eigenvalue weighted by Gasteiger charge is 2.14. The molecule has 0 unspecified atom stereocenters. The van der Waals surface area contributed by atoms with Gasteiger partial charge in [0.05, 0.1) is 17.1 Å². The van der Waals surface area contributed by atoms with Crippen molar-refractivity contribution < 1.29 is 14.3 Å². The second-order valence-corrected chi connectivity index (χ2v) is 5.57. The van der Waals surface area contributed by atoms with Crippen molar-refractivity contribution in [2.45, 2.75) is 24.5 Å². The van der Waals surface area contributed by atoms with Crippen molar-refractivity contribution in [3.8, 4) is 0 Å². The Morgan fingerprint density at radius 3 is 2.69 bits per heavy atom. The Bertz CT molecular complexity index is 396. The van der Waals surface area contributed by atoms with Crippen LogP contribution in [0.2, 0.25) is 0 Å². The van der Waals surface area contributed by atoms with Crippen molar-refractivity contribution in [2.24, 2.45) is 0 Å². The third-order valence-electron chi connectivity index (χ3n) is 2.03. The molecular formula is C11H14O3S2. The first-order valence-corrected chi connectivity index (χ1v) is 6.72. The zero-order valence-electron chi connectivity index (χ0n) is 9.53. The molecule has 0 amide bonds. The molecule has 16 heavy (non-hydrogen) atoms. The van der Waals surface area contributed by atoms with Crippen LogP contribution < -0.4 is 0 Å². The number of hydrogen-bond acceptors (Lipinski definition) is 5. The molecule has 0 saturated carbocycles. The highest BCUT2D eigenvalue weighted by atomic mass is 32.2. The van der Waals surface area contributed by atoms with Crippen LogP contribution >= 0.6 is 23.1 Å². The van der Waals surface area contributed by atoms with Gasteiger partial charge in [0.2, 0.25) is 0 Å². The van der Waals surface area contributed by atoms with Gasteiger partial charge in [0.1, 0.15) is 0 Å². The molecule has 3 nitrogen and oxygen atoms in total. The standard InChI is InChI=1S/C11H14O3S2/c1-4-8-5-9(7(2)12)11(16-8)15-6-10(13)14-3/h5H,4,6H2,1-3H3. The van der Waals surface area contributed by atoms with E-state index in [1.165, 1.54) is 18.9 Å². The summed E-state index contributed by atoms with van der Waals surface area (Å²) >= 11 is 2.94. The minimum absolute atomic E-state index is 0.0447. The van der Waals surface area contributed by atoms with E-state index in [0.29, 0.717) is 0 Å². The zero-order valence-corrected chi connectivity index (χ0v) is 11.2. The summed E-state index contributed by atoms with van der Waals surface area (Å²) in [5.41, 5.74) is 0.718. The van der Waals surface area contributed by atoms with Crippen molar-refractivity contribution in [3.63, 3.8) is 0 Å². The molecule has 0 aliphatic carbocycles. The summed E-state index contributed by atoms with van der Waals surface area (Å²) in [4.78, 5) is 23.6. The maximum atomic E-state index is 11.4. The zero-order chi connectivity index (χ0) is 12.1. The van der Waals surface area contributed by atoms with Gasteiger partial charge in [-0.15, -0.1) is 23.1 Å². The quantitative estimate of drug-likeness (QED) is 0.463. The monoisotopic (exact) mass is 258 g/mol. The van der Waals surface area contributed by atoms with Gasteiger partial charge in [0.15, 0.2) is 5.78 Å². The Balaban J connectivity index is 2.81. The average molecular weight is 258 g/mol. The van der Waals surface area contributed by atoms with Gasteiger partial charge in [0.25, 0.3) is 0 Å². The first kappa shape index (κ1) is 13.3. The van der Waals surface area contributed by atoms with E-state index in [9.17, 15) is 9.59 Å². The van der Waals surface area contributed by atoms with E-state index in [2.05, 4.69) is 4.74 Å². The molecule has 0 fully saturated rings. The first-order chi connectivity index (χ1) is 7.58. The van der Waals surface area contributed by atoms with E-state index in [1.54, 1.807) is 18.3 Å². The molecule has 1 heterocycles. The number of ether oxygens (including phenoxy) is 1. The topological polar surface area (TPSA) is 43.4 Å². The second kappa shape index (κ2) is 6.06. The summed E-state index contributed by atoms with van der Waals surface area (Å²) < 4.78 is 5.48. The average Bonchev–Trinajstić information content (AvgIpc) is 2.69. The number of thiophene rings is 1. The molecule has 0 aromatic carbocycles. The van der Waals surface area contributed by atoms with Gasteiger partial charge >= 0.3 is 5.97 Å². The summed E-state index contributed by atoms with van der Waals surface area (Å²) in [6.45, 7) is 3.59. The van der Waals surface area contributed by atoms with Crippen LogP contribution in [0, 0.1) is 0 Å². The van der Waals surface area contributed by atoms with Crippen molar-refractivity contribution >= 4 is 34.9 Å². The van der Waals surface area contributed by atoms with Crippen LogP contribution in [0.15, 0.2) is 10.3 Å². The van der Waals surface area contributed by atoms with Crippen LogP contribution in [0.4, 0.5) is 0 Å². The SMILES string of the molecule is CCc1cc(C(C)=O)c(SCC(=O)OC)s1. The molecule has 0 atom stereocenters. The maximum absolute atomic E-state index is 11.4. The highest BCUT2D eigenvalue weighted by molar-refractivity contribution is 8.01. The Morgan fingerprint density at radius 2 is 2.19 bits per heavy atom. The van der Waals surface area contributed by atoms with Gasteiger partial charge in [-0.3, -0.25) is 9.59 Å². The number of hydrogen-bond donors (Lipinski definition) is 0. The van der Waals surface area contributed by atoms with Gasteiger partial charge in [-0.25, -0.2) is 0 Å². The number of esters is 1. The van der Waals surface area contributed by atoms with Gasteiger partial charge in [-0.2, -0.15) is 0 Å². The molecule has 0 spiro atoms. The Hall–Kier alpha value is -0.810. The van der Waals surface area contributed by atoms with E-state index in [1.807, 2.05) is 13.0 Å². The number of thioether (sulfide) groups is 1. The van der Waals surface area contributed by atoms with Crippen LogP contribution in [0.5, 0.6) is 0 Å². The second-order valence-electron chi connectivity index (χ2n) is 3.19. The van der Waals surface area contributed by atoms with Crippen LogP contribution in [0.1, 0.15) is 29.1 Å². The molecule has 1 aromatic rings. The molecule has 88 valence electrons. The Kier molecular flexibility index (Phi) is 5.02. The van der Waals surface area contributed by atoms with Crippen LogP contribution in [-0.2, 0) is 16.0 Å². The number of Topliss-reactive ketones (excluding diaryl/α,β-unsaturated/α-hetero) is 1. The third kappa shape index (κ3) is 3.35. The lowest BCUT2D eigenvalue weighted by atomic mass is 10.2. The fraction of sp³-hybridized carbons (Fsp3) is 0.455. The van der Waals surface area contributed by atoms with Crippen molar-refractivity contribution in [1.82, 2.24) is 0 Å². The predicted molar refractivity (Wildman–Crippen MR) is 66.4 cm³/mol. The van der Waals surface area contributed by atoms with E-state index < -0.39 is 0 Å². The number of aryl methyl sites for hydroxylation is 1. The van der Waals surface area contributed by atoms with Crippen molar-refractivity contribution in [3.05, 3.63) is 16.5 Å². The minimum atomic E-state index is -0.272. The summed E-state index contributed by atoms with van der Waals surface area (Å²) in [6.07, 6.45) is 0.906. The van der Waals surface area contributed by atoms with Crippen molar-refractivity contribution in [2.75, 3.05) is 12.9 Å². The van der Waals surface area contributed by atoms with Gasteiger partial charge in [-0.1, -0.05) is 6.92 Å². The lowest BCUT2D eigenvalue weighted by Gasteiger charge is -1.99. The number of ketones is 1. The molecule has 0 aliphatic heterocycles. The molecule has 1 rings (SSSR count). The minimum Gasteiger partial charge on any atom is -0.468 e. The Morgan fingerprint density at radius 1 is 1.50 bits per heavy atom. The molecule has 0 radical (unpaired) electrons. The molecule has 0 N–H and O–H groups in total. The lowest BCUT2D eigenvalue weighted by molar-refractivity contribution is -0.137. The highest BCUT2D eigenvalue weighted by Crippen LogP contribution is 2.32. The fourth-order valence-corrected chi connectivity index (χ4v) is 3.46. The Labute approximate surface area is 103 Å². The number of rotatable bonds is 5. The van der Waals surface area contributed by atoms with Crippen molar-refractivity contribution in [1.29, 1.82) is 0 Å². The summed E-state index contributed by atoms with van der Waals surface area (Å²) in [7, 11) is 1.36. The van der Waals surface area contributed by atoms with Gasteiger partial charge < -0.3 is 4.74 Å². The lowest BCUT2D eigenvalue weighted by Crippen LogP contribution is -2.03. The normalized spacial score (nSPS) is 10.2. The summed E-state index contributed by atoms with van der Waals surface area (Å²) in [5.74, 6) is 0.0229. The largest absolute Gasteiger partial charge is 0.468 e. The van der Waals surface area contributed by atoms with E-state index in [0.717, 1.165) is 21.1 Å². The number of carbonyl (C=O) groups is 2. The molecule has 1 aromatic heterocycles. The predicted octanol–water partition coefficient (Wildman–Crippen LogP) is 2.78. The first-order valence-electron chi connectivity index (χ1n) is 4.91. The molecular weight excluding hydrogens is 244 g/mol. The fourth-order valence-electron chi connectivity index (χ4n) is 1.13. The van der Waals surface area contributed by atoms with E-state index in [4.69, 9.17) is 0 Å². The molecule has 0 aliphatic rings. The van der Waals surface area contributed by atoms with E-state index >= 15 is 0 Å². The number of carbonyl (C=O) groups excluding carboxylic acids is 2. The van der Waals surface area contributed by atoms with Gasteiger partial charge in [0, 0.05) is 10.4 Å². The molecule has 0 bridgehead atoms. The molecule has 0 saturated heterocycles. The van der Waals surface area contributed by atoms with Gasteiger partial charge in [-0.05, 0) is 19.4 Å². The maximum Gasteiger partial charge on any atom is 0.316 e. The van der Waals surface area contributed by atoms with E-state index in [-0.39, 0.29) is 17.5 Å². The van der Waals surface area contributed by atoms with Crippen LogP contribution in [-0.4, -0.2) is 24.6 Å². The smallest absolute Gasteiger partial charge is 0.316 e.